The first-order chi connectivity index (χ1) is 17.6. The lowest BCUT2D eigenvalue weighted by atomic mass is 9.94. The van der Waals surface area contributed by atoms with Crippen LogP contribution in [0.25, 0.3) is 22.5 Å². The van der Waals surface area contributed by atoms with Gasteiger partial charge in [0, 0.05) is 37.1 Å². The molecule has 0 spiro atoms. The van der Waals surface area contributed by atoms with Gasteiger partial charge in [-0.15, -0.1) is 0 Å². The third kappa shape index (κ3) is 6.34. The summed E-state index contributed by atoms with van der Waals surface area (Å²) in [5.74, 6) is 0.705. The number of rotatable bonds is 12. The maximum atomic E-state index is 11.5. The second kappa shape index (κ2) is 12.4. The van der Waals surface area contributed by atoms with Crippen LogP contribution in [0.15, 0.2) is 57.8 Å². The standard InChI is InChI=1S/C29H34N4O3/c1-4-5-6-12-26-25(27(13-9-18-35-3)31-20(2)30-26)19-21-14-16-22(17-15-21)23-10-7-8-11-24(23)28-32-29(34)36-33-28/h7-8,10-11,14-17H,4-6,9,12-13,18-19H2,1-3H3,(H,32,33,34). The molecule has 0 aliphatic heterocycles. The first kappa shape index (κ1) is 25.5. The first-order valence-electron chi connectivity index (χ1n) is 12.7. The van der Waals surface area contributed by atoms with Crippen LogP contribution in [0, 0.1) is 6.92 Å². The van der Waals surface area contributed by atoms with Crippen LogP contribution in [0.5, 0.6) is 0 Å². The lowest BCUT2D eigenvalue weighted by Gasteiger charge is -2.15. The molecule has 4 aromatic rings. The Morgan fingerprint density at radius 1 is 0.917 bits per heavy atom. The Hall–Kier alpha value is -3.58. The fourth-order valence-corrected chi connectivity index (χ4v) is 4.55. The summed E-state index contributed by atoms with van der Waals surface area (Å²) in [6, 6.07) is 16.4. The molecule has 0 unspecified atom stereocenters. The van der Waals surface area contributed by atoms with E-state index < -0.39 is 5.76 Å². The van der Waals surface area contributed by atoms with E-state index in [9.17, 15) is 4.79 Å². The number of unbranched alkanes of at least 4 members (excludes halogenated alkanes) is 2. The highest BCUT2D eigenvalue weighted by molar-refractivity contribution is 5.80. The quantitative estimate of drug-likeness (QED) is 0.258. The Labute approximate surface area is 212 Å². The predicted molar refractivity (Wildman–Crippen MR) is 141 cm³/mol. The van der Waals surface area contributed by atoms with Crippen LogP contribution in [0.4, 0.5) is 0 Å². The van der Waals surface area contributed by atoms with Crippen molar-refractivity contribution in [2.45, 2.75) is 58.8 Å². The number of methoxy groups -OCH3 is 1. The highest BCUT2D eigenvalue weighted by Crippen LogP contribution is 2.30. The fourth-order valence-electron chi connectivity index (χ4n) is 4.55. The van der Waals surface area contributed by atoms with Gasteiger partial charge < -0.3 is 4.74 Å². The van der Waals surface area contributed by atoms with Crippen molar-refractivity contribution in [1.29, 1.82) is 0 Å². The average molecular weight is 487 g/mol. The molecule has 2 heterocycles. The minimum absolute atomic E-state index is 0.425. The van der Waals surface area contributed by atoms with E-state index in [0.29, 0.717) is 5.82 Å². The SMILES string of the molecule is CCCCCc1nc(C)nc(CCCOC)c1Cc1ccc(-c2ccccc2-c2noc(=O)[nH]2)cc1. The lowest BCUT2D eigenvalue weighted by Crippen LogP contribution is -2.10. The molecule has 7 heteroatoms. The number of benzene rings is 2. The van der Waals surface area contributed by atoms with E-state index in [4.69, 9.17) is 19.2 Å². The molecule has 0 aliphatic rings. The highest BCUT2D eigenvalue weighted by Gasteiger charge is 2.15. The van der Waals surface area contributed by atoms with Crippen LogP contribution < -0.4 is 5.76 Å². The number of nitrogens with zero attached hydrogens (tertiary/aromatic N) is 3. The largest absolute Gasteiger partial charge is 0.439 e. The molecule has 4 rings (SSSR count). The molecular formula is C29H34N4O3. The van der Waals surface area contributed by atoms with Gasteiger partial charge in [0.05, 0.1) is 0 Å². The average Bonchev–Trinajstić information content (AvgIpc) is 3.32. The van der Waals surface area contributed by atoms with Crippen molar-refractivity contribution in [3.63, 3.8) is 0 Å². The zero-order chi connectivity index (χ0) is 25.3. The Morgan fingerprint density at radius 3 is 2.25 bits per heavy atom. The summed E-state index contributed by atoms with van der Waals surface area (Å²) in [4.78, 5) is 23.8. The molecule has 0 aliphatic carbocycles. The molecule has 0 fully saturated rings. The smallest absolute Gasteiger partial charge is 0.385 e. The normalized spacial score (nSPS) is 11.2. The van der Waals surface area contributed by atoms with Crippen LogP contribution in [-0.2, 0) is 24.0 Å². The summed E-state index contributed by atoms with van der Waals surface area (Å²) >= 11 is 0. The van der Waals surface area contributed by atoms with Gasteiger partial charge in [0.25, 0.3) is 0 Å². The van der Waals surface area contributed by atoms with Crippen molar-refractivity contribution in [2.75, 3.05) is 13.7 Å². The van der Waals surface area contributed by atoms with Gasteiger partial charge in [-0.05, 0) is 54.9 Å². The number of H-pyrrole nitrogens is 1. The summed E-state index contributed by atoms with van der Waals surface area (Å²) in [6.45, 7) is 4.93. The molecule has 0 radical (unpaired) electrons. The summed E-state index contributed by atoms with van der Waals surface area (Å²) in [7, 11) is 1.74. The van der Waals surface area contributed by atoms with Crippen molar-refractivity contribution in [3.8, 4) is 22.5 Å². The van der Waals surface area contributed by atoms with Gasteiger partial charge in [-0.25, -0.2) is 14.8 Å². The molecule has 0 saturated heterocycles. The molecule has 2 aromatic heterocycles. The van der Waals surface area contributed by atoms with Crippen LogP contribution in [-0.4, -0.2) is 33.8 Å². The number of nitrogens with one attached hydrogen (secondary N) is 1. The number of hydrogen-bond donors (Lipinski definition) is 1. The minimum atomic E-state index is -0.563. The van der Waals surface area contributed by atoms with Gasteiger partial charge in [-0.3, -0.25) is 9.51 Å². The zero-order valence-corrected chi connectivity index (χ0v) is 21.3. The Kier molecular flexibility index (Phi) is 8.79. The van der Waals surface area contributed by atoms with Crippen LogP contribution in [0.3, 0.4) is 0 Å². The molecule has 2 aromatic carbocycles. The number of aromatic amines is 1. The van der Waals surface area contributed by atoms with E-state index >= 15 is 0 Å². The van der Waals surface area contributed by atoms with Crippen molar-refractivity contribution >= 4 is 0 Å². The van der Waals surface area contributed by atoms with E-state index in [1.54, 1.807) is 7.11 Å². The molecule has 36 heavy (non-hydrogen) atoms. The van der Waals surface area contributed by atoms with Crippen LogP contribution in [0.2, 0.25) is 0 Å². The van der Waals surface area contributed by atoms with E-state index in [1.165, 1.54) is 29.7 Å². The lowest BCUT2D eigenvalue weighted by molar-refractivity contribution is 0.195. The van der Waals surface area contributed by atoms with Gasteiger partial charge in [-0.2, -0.15) is 0 Å². The van der Waals surface area contributed by atoms with Crippen molar-refractivity contribution in [3.05, 3.63) is 87.4 Å². The number of aromatic nitrogens is 4. The monoisotopic (exact) mass is 486 g/mol. The molecule has 0 atom stereocenters. The Balaban J connectivity index is 1.62. The molecule has 188 valence electrons. The van der Waals surface area contributed by atoms with Crippen LogP contribution >= 0.6 is 0 Å². The van der Waals surface area contributed by atoms with Gasteiger partial charge in [0.1, 0.15) is 5.82 Å². The zero-order valence-electron chi connectivity index (χ0n) is 21.3. The molecule has 1 N–H and O–H groups in total. The summed E-state index contributed by atoms with van der Waals surface area (Å²) in [5, 5.41) is 3.87. The second-order valence-electron chi connectivity index (χ2n) is 9.06. The maximum absolute atomic E-state index is 11.5. The van der Waals surface area contributed by atoms with Gasteiger partial charge in [-0.1, -0.05) is 73.5 Å². The molecule has 0 amide bonds. The number of ether oxygens (including phenoxy) is 1. The predicted octanol–water partition coefficient (Wildman–Crippen LogP) is 5.70. The second-order valence-corrected chi connectivity index (χ2v) is 9.06. The maximum Gasteiger partial charge on any atom is 0.439 e. The summed E-state index contributed by atoms with van der Waals surface area (Å²) < 4.78 is 10.0. The van der Waals surface area contributed by atoms with Crippen molar-refractivity contribution in [2.24, 2.45) is 0 Å². The summed E-state index contributed by atoms with van der Waals surface area (Å²) in [5.41, 5.74) is 7.61. The molecular weight excluding hydrogens is 452 g/mol. The highest BCUT2D eigenvalue weighted by atomic mass is 16.5. The number of hydrogen-bond acceptors (Lipinski definition) is 6. The Morgan fingerprint density at radius 2 is 1.61 bits per heavy atom. The minimum Gasteiger partial charge on any atom is -0.385 e. The van der Waals surface area contributed by atoms with Gasteiger partial charge in [0.15, 0.2) is 5.82 Å². The van der Waals surface area contributed by atoms with E-state index in [-0.39, 0.29) is 0 Å². The third-order valence-electron chi connectivity index (χ3n) is 6.34. The van der Waals surface area contributed by atoms with E-state index in [0.717, 1.165) is 66.9 Å². The van der Waals surface area contributed by atoms with E-state index in [1.807, 2.05) is 31.2 Å². The van der Waals surface area contributed by atoms with Crippen molar-refractivity contribution < 1.29 is 9.26 Å². The van der Waals surface area contributed by atoms with Gasteiger partial charge in [0.2, 0.25) is 0 Å². The third-order valence-corrected chi connectivity index (χ3v) is 6.34. The first-order valence-corrected chi connectivity index (χ1v) is 12.7. The molecule has 0 bridgehead atoms. The van der Waals surface area contributed by atoms with Gasteiger partial charge >= 0.3 is 5.76 Å². The summed E-state index contributed by atoms with van der Waals surface area (Å²) in [6.07, 6.45) is 7.12. The van der Waals surface area contributed by atoms with E-state index in [2.05, 4.69) is 41.3 Å². The topological polar surface area (TPSA) is 93.9 Å². The molecule has 0 saturated carbocycles. The molecule has 7 nitrogen and oxygen atoms in total. The van der Waals surface area contributed by atoms with Crippen molar-refractivity contribution in [1.82, 2.24) is 20.1 Å². The van der Waals surface area contributed by atoms with Crippen LogP contribution in [0.1, 0.15) is 60.9 Å². The fraction of sp³-hybridized carbons (Fsp3) is 0.379. The number of aryl methyl sites for hydroxylation is 3. The Bertz CT molecular complexity index is 1290.